The fraction of sp³-hybridized carbons (Fsp3) is 0.185. The van der Waals surface area contributed by atoms with Gasteiger partial charge in [-0.3, -0.25) is 4.79 Å². The van der Waals surface area contributed by atoms with Crippen molar-refractivity contribution in [3.8, 4) is 5.69 Å². The highest BCUT2D eigenvalue weighted by atomic mass is 16.5. The Morgan fingerprint density at radius 1 is 1.06 bits per heavy atom. The van der Waals surface area contributed by atoms with E-state index in [9.17, 15) is 9.59 Å². The number of carbonyl (C=O) groups excluding carboxylic acids is 2. The summed E-state index contributed by atoms with van der Waals surface area (Å²) in [5, 5.41) is 7.48. The quantitative estimate of drug-likeness (QED) is 0.314. The van der Waals surface area contributed by atoms with Crippen molar-refractivity contribution in [3.63, 3.8) is 0 Å². The van der Waals surface area contributed by atoms with Crippen LogP contribution < -0.4 is 5.32 Å². The fourth-order valence-electron chi connectivity index (χ4n) is 3.85. The summed E-state index contributed by atoms with van der Waals surface area (Å²) in [6, 6.07) is 18.8. The van der Waals surface area contributed by atoms with Gasteiger partial charge in [-0.05, 0) is 37.6 Å². The molecule has 4 aromatic rings. The van der Waals surface area contributed by atoms with Crippen LogP contribution in [0, 0.1) is 13.8 Å². The van der Waals surface area contributed by atoms with E-state index < -0.39 is 24.5 Å². The van der Waals surface area contributed by atoms with E-state index in [1.165, 1.54) is 6.08 Å². The number of carbonyl (C=O) groups is 2. The summed E-state index contributed by atoms with van der Waals surface area (Å²) in [6.45, 7) is 3.41. The average molecular weight is 470 g/mol. The van der Waals surface area contributed by atoms with Crippen LogP contribution in [0.2, 0.25) is 0 Å². The van der Waals surface area contributed by atoms with Crippen molar-refractivity contribution in [1.82, 2.24) is 24.6 Å². The molecule has 0 aliphatic rings. The van der Waals surface area contributed by atoms with Crippen LogP contribution in [0.5, 0.6) is 0 Å². The molecule has 1 unspecified atom stereocenters. The number of para-hydroxylation sites is 1. The van der Waals surface area contributed by atoms with Crippen LogP contribution in [-0.4, -0.2) is 37.8 Å². The van der Waals surface area contributed by atoms with E-state index in [4.69, 9.17) is 4.74 Å². The van der Waals surface area contributed by atoms with E-state index in [2.05, 4.69) is 15.4 Å². The monoisotopic (exact) mass is 469 g/mol. The Morgan fingerprint density at radius 3 is 2.40 bits per heavy atom. The highest BCUT2D eigenvalue weighted by Gasteiger charge is 2.21. The third kappa shape index (κ3) is 5.55. The number of nitrogens with one attached hydrogen (secondary N) is 1. The second kappa shape index (κ2) is 10.6. The number of imidazole rings is 1. The van der Waals surface area contributed by atoms with Crippen molar-refractivity contribution in [1.29, 1.82) is 0 Å². The zero-order valence-corrected chi connectivity index (χ0v) is 19.9. The molecule has 1 N–H and O–H groups in total. The second-order valence-electron chi connectivity index (χ2n) is 8.08. The van der Waals surface area contributed by atoms with Crippen molar-refractivity contribution in [2.45, 2.75) is 19.9 Å². The maximum absolute atomic E-state index is 12.6. The second-order valence-corrected chi connectivity index (χ2v) is 8.08. The van der Waals surface area contributed by atoms with Gasteiger partial charge in [0.1, 0.15) is 11.9 Å². The Bertz CT molecular complexity index is 1340. The van der Waals surface area contributed by atoms with Gasteiger partial charge in [0.15, 0.2) is 6.61 Å². The van der Waals surface area contributed by atoms with Crippen molar-refractivity contribution < 1.29 is 14.3 Å². The number of aryl methyl sites for hydroxylation is 2. The minimum atomic E-state index is -0.611. The number of amides is 1. The summed E-state index contributed by atoms with van der Waals surface area (Å²) >= 11 is 0. The first kappa shape index (κ1) is 23.7. The van der Waals surface area contributed by atoms with Crippen LogP contribution >= 0.6 is 0 Å². The van der Waals surface area contributed by atoms with E-state index in [1.54, 1.807) is 12.3 Å². The van der Waals surface area contributed by atoms with Crippen LogP contribution in [-0.2, 0) is 21.4 Å². The number of aromatic nitrogens is 4. The lowest BCUT2D eigenvalue weighted by Crippen LogP contribution is -2.34. The summed E-state index contributed by atoms with van der Waals surface area (Å²) in [5.74, 6) is -0.357. The third-order valence-electron chi connectivity index (χ3n) is 5.63. The molecule has 8 nitrogen and oxygen atoms in total. The zero-order chi connectivity index (χ0) is 24.8. The topological polar surface area (TPSA) is 91.0 Å². The van der Waals surface area contributed by atoms with E-state index in [0.29, 0.717) is 5.82 Å². The fourth-order valence-corrected chi connectivity index (χ4v) is 3.85. The van der Waals surface area contributed by atoms with Crippen molar-refractivity contribution in [2.24, 2.45) is 7.05 Å². The average Bonchev–Trinajstić information content (AvgIpc) is 3.42. The zero-order valence-electron chi connectivity index (χ0n) is 19.9. The summed E-state index contributed by atoms with van der Waals surface area (Å²) < 4.78 is 8.86. The molecule has 2 heterocycles. The summed E-state index contributed by atoms with van der Waals surface area (Å²) in [4.78, 5) is 29.3. The summed E-state index contributed by atoms with van der Waals surface area (Å²) in [7, 11) is 1.86. The Labute approximate surface area is 203 Å². The highest BCUT2D eigenvalue weighted by Crippen LogP contribution is 2.21. The molecule has 1 amide bonds. The highest BCUT2D eigenvalue weighted by molar-refractivity contribution is 5.89. The molecule has 0 bridgehead atoms. The van der Waals surface area contributed by atoms with E-state index in [-0.39, 0.29) is 0 Å². The van der Waals surface area contributed by atoms with Crippen molar-refractivity contribution in [3.05, 3.63) is 107 Å². The first-order valence-corrected chi connectivity index (χ1v) is 11.2. The van der Waals surface area contributed by atoms with Gasteiger partial charge >= 0.3 is 5.97 Å². The Morgan fingerprint density at radius 2 is 1.74 bits per heavy atom. The predicted molar refractivity (Wildman–Crippen MR) is 133 cm³/mol. The lowest BCUT2D eigenvalue weighted by atomic mass is 10.1. The van der Waals surface area contributed by atoms with Gasteiger partial charge in [0.05, 0.1) is 11.4 Å². The first-order valence-electron chi connectivity index (χ1n) is 11.2. The molecule has 35 heavy (non-hydrogen) atoms. The third-order valence-corrected chi connectivity index (χ3v) is 5.63. The lowest BCUT2D eigenvalue weighted by Gasteiger charge is -2.19. The Hall–Kier alpha value is -4.46. The van der Waals surface area contributed by atoms with Crippen molar-refractivity contribution in [2.75, 3.05) is 6.61 Å². The van der Waals surface area contributed by atoms with Gasteiger partial charge in [-0.25, -0.2) is 14.5 Å². The standard InChI is InChI=1S/C27H27N5O3/c1-19-23(20(2)32(30-19)22-12-8-5-9-13-22)14-15-25(34)35-18-24(33)29-26(21-10-6-4-7-11-21)27-28-16-17-31(27)3/h4-17,26H,18H2,1-3H3,(H,29,33)/b15-14+. The molecular formula is C27H27N5O3. The van der Waals surface area contributed by atoms with Gasteiger partial charge in [0, 0.05) is 36.8 Å². The summed E-state index contributed by atoms with van der Waals surface area (Å²) in [5.41, 5.74) is 4.33. The number of rotatable bonds is 8. The lowest BCUT2D eigenvalue weighted by molar-refractivity contribution is -0.143. The number of esters is 1. The molecule has 0 aliphatic carbocycles. The van der Waals surface area contributed by atoms with Crippen LogP contribution in [0.4, 0.5) is 0 Å². The van der Waals surface area contributed by atoms with Gasteiger partial charge in [0.2, 0.25) is 0 Å². The Kier molecular flexibility index (Phi) is 7.21. The maximum atomic E-state index is 12.6. The molecule has 2 aromatic heterocycles. The van der Waals surface area contributed by atoms with Crippen LogP contribution in [0.3, 0.4) is 0 Å². The normalized spacial score (nSPS) is 12.0. The minimum absolute atomic E-state index is 0.405. The van der Waals surface area contributed by atoms with E-state index >= 15 is 0 Å². The smallest absolute Gasteiger partial charge is 0.331 e. The van der Waals surface area contributed by atoms with Crippen molar-refractivity contribution >= 4 is 18.0 Å². The van der Waals surface area contributed by atoms with Gasteiger partial charge in [0.25, 0.3) is 5.91 Å². The predicted octanol–water partition coefficient (Wildman–Crippen LogP) is 3.68. The minimum Gasteiger partial charge on any atom is -0.452 e. The number of benzene rings is 2. The van der Waals surface area contributed by atoms with E-state index in [0.717, 1.165) is 28.2 Å². The van der Waals surface area contributed by atoms with Crippen LogP contribution in [0.15, 0.2) is 79.1 Å². The molecule has 0 saturated heterocycles. The molecular weight excluding hydrogens is 442 g/mol. The number of ether oxygens (including phenoxy) is 1. The number of nitrogens with zero attached hydrogens (tertiary/aromatic N) is 4. The molecule has 8 heteroatoms. The largest absolute Gasteiger partial charge is 0.452 e. The molecule has 2 aromatic carbocycles. The number of hydrogen-bond donors (Lipinski definition) is 1. The van der Waals surface area contributed by atoms with Crippen LogP contribution in [0.25, 0.3) is 11.8 Å². The van der Waals surface area contributed by atoms with Gasteiger partial charge in [-0.1, -0.05) is 48.5 Å². The molecule has 0 aliphatic heterocycles. The van der Waals surface area contributed by atoms with Gasteiger partial charge in [-0.15, -0.1) is 0 Å². The SMILES string of the molecule is Cc1nn(-c2ccccc2)c(C)c1/C=C/C(=O)OCC(=O)NC(c1ccccc1)c1nccn1C. The maximum Gasteiger partial charge on any atom is 0.331 e. The molecule has 0 spiro atoms. The summed E-state index contributed by atoms with van der Waals surface area (Å²) in [6.07, 6.45) is 6.46. The first-order chi connectivity index (χ1) is 16.9. The Balaban J connectivity index is 1.39. The van der Waals surface area contributed by atoms with Crippen LogP contribution in [0.1, 0.15) is 34.4 Å². The van der Waals surface area contributed by atoms with Gasteiger partial charge < -0.3 is 14.6 Å². The molecule has 0 saturated carbocycles. The molecule has 178 valence electrons. The van der Waals surface area contributed by atoms with E-state index in [1.807, 2.05) is 97.0 Å². The molecule has 4 rings (SSSR count). The molecule has 0 radical (unpaired) electrons. The molecule has 1 atom stereocenters. The number of hydrogen-bond acceptors (Lipinski definition) is 5. The van der Waals surface area contributed by atoms with Gasteiger partial charge in [-0.2, -0.15) is 5.10 Å². The molecule has 0 fully saturated rings.